The summed E-state index contributed by atoms with van der Waals surface area (Å²) in [5, 5.41) is 2.75. The van der Waals surface area contributed by atoms with Crippen LogP contribution in [0.1, 0.15) is 49.9 Å². The molecule has 7 nitrogen and oxygen atoms in total. The quantitative estimate of drug-likeness (QED) is 0.359. The van der Waals surface area contributed by atoms with Crippen molar-refractivity contribution < 1.29 is 18.7 Å². The number of benzene rings is 2. The number of aromatic nitrogens is 1. The molecule has 0 radical (unpaired) electrons. The first-order valence-corrected chi connectivity index (χ1v) is 13.9. The Labute approximate surface area is 226 Å². The summed E-state index contributed by atoms with van der Waals surface area (Å²) in [6, 6.07) is 13.6. The smallest absolute Gasteiger partial charge is 0.332 e. The monoisotopic (exact) mass is 536 g/mol. The van der Waals surface area contributed by atoms with Crippen molar-refractivity contribution >= 4 is 29.0 Å². The Morgan fingerprint density at radius 1 is 1.16 bits per heavy atom. The van der Waals surface area contributed by atoms with Crippen LogP contribution in [0.25, 0.3) is 0 Å². The van der Waals surface area contributed by atoms with E-state index in [9.17, 15) is 14.0 Å². The summed E-state index contributed by atoms with van der Waals surface area (Å²) in [7, 11) is 0. The van der Waals surface area contributed by atoms with Crippen LogP contribution in [0.2, 0.25) is 0 Å². The number of thiazole rings is 1. The third-order valence-electron chi connectivity index (χ3n) is 7.27. The van der Waals surface area contributed by atoms with E-state index in [0.717, 1.165) is 16.3 Å². The third-order valence-corrected chi connectivity index (χ3v) is 8.09. The normalized spacial score (nSPS) is 22.2. The molecule has 2 atom stereocenters. The predicted octanol–water partition coefficient (Wildman–Crippen LogP) is 5.77. The molecule has 2 aromatic carbocycles. The maximum atomic E-state index is 14.3. The first-order chi connectivity index (χ1) is 18.2. The van der Waals surface area contributed by atoms with Crippen molar-refractivity contribution in [2.45, 2.75) is 71.3 Å². The Balaban J connectivity index is 1.42. The zero-order chi connectivity index (χ0) is 27.0. The van der Waals surface area contributed by atoms with E-state index in [2.05, 4.69) is 28.9 Å². The topological polar surface area (TPSA) is 66.0 Å². The number of ether oxygens (including phenoxy) is 1. The van der Waals surface area contributed by atoms with Crippen LogP contribution in [-0.4, -0.2) is 51.0 Å². The van der Waals surface area contributed by atoms with Crippen molar-refractivity contribution in [3.05, 3.63) is 76.0 Å². The largest absolute Gasteiger partial charge is 0.491 e. The fourth-order valence-electron chi connectivity index (χ4n) is 5.62. The number of likely N-dealkylation sites (tertiary alicyclic amines) is 1. The molecule has 38 heavy (non-hydrogen) atoms. The van der Waals surface area contributed by atoms with Gasteiger partial charge in [-0.1, -0.05) is 18.2 Å². The summed E-state index contributed by atoms with van der Waals surface area (Å²) >= 11 is 1.48. The molecule has 2 fully saturated rings. The highest BCUT2D eigenvalue weighted by Gasteiger charge is 2.59. The number of hydrogen-bond donors (Lipinski definition) is 0. The van der Waals surface area contributed by atoms with Gasteiger partial charge in [0.25, 0.3) is 5.91 Å². The van der Waals surface area contributed by atoms with Gasteiger partial charge in [0.2, 0.25) is 0 Å². The lowest BCUT2D eigenvalue weighted by Gasteiger charge is -2.45. The predicted molar refractivity (Wildman–Crippen MR) is 146 cm³/mol. The van der Waals surface area contributed by atoms with E-state index in [1.54, 1.807) is 12.1 Å². The molecule has 1 unspecified atom stereocenters. The van der Waals surface area contributed by atoms with Gasteiger partial charge in [-0.25, -0.2) is 14.2 Å². The van der Waals surface area contributed by atoms with E-state index >= 15 is 0 Å². The van der Waals surface area contributed by atoms with Crippen molar-refractivity contribution in [1.82, 2.24) is 14.8 Å². The summed E-state index contributed by atoms with van der Waals surface area (Å²) in [4.78, 5) is 37.4. The molecule has 3 aromatic rings. The number of piperidine rings is 1. The lowest BCUT2D eigenvalue weighted by atomic mass is 9.81. The van der Waals surface area contributed by atoms with Crippen LogP contribution in [-0.2, 0) is 17.9 Å². The number of amides is 3. The Bertz CT molecular complexity index is 1340. The van der Waals surface area contributed by atoms with Gasteiger partial charge in [0.05, 0.1) is 23.4 Å². The SMILES string of the molecule is Cc1nc(CN2C(=O)N(c3cccc(F)c3)C3(CCN(Cc4cccc(OC(C)C)c4)[C@@H](C)C3)C2=O)cs1. The van der Waals surface area contributed by atoms with Gasteiger partial charge in [-0.3, -0.25) is 19.5 Å². The lowest BCUT2D eigenvalue weighted by Crippen LogP contribution is -2.59. The van der Waals surface area contributed by atoms with E-state index in [-0.39, 0.29) is 24.6 Å². The zero-order valence-electron chi connectivity index (χ0n) is 22.2. The standard InChI is InChI=1S/C29H33FN4O3S/c1-19(2)37-26-10-5-7-22(13-26)16-32-12-11-29(15-20(32)3)27(35)33(17-24-18-38-21(4)31-24)28(36)34(29)25-9-6-8-23(30)14-25/h5-10,13-14,18-20H,11-12,15-17H2,1-4H3/t20-,29?/m0/s1. The number of hydrogen-bond acceptors (Lipinski definition) is 6. The Morgan fingerprint density at radius 2 is 1.95 bits per heavy atom. The summed E-state index contributed by atoms with van der Waals surface area (Å²) in [5.41, 5.74) is 1.13. The Hall–Kier alpha value is -3.30. The second kappa shape index (κ2) is 10.5. The van der Waals surface area contributed by atoms with Gasteiger partial charge in [-0.15, -0.1) is 11.3 Å². The van der Waals surface area contributed by atoms with Crippen molar-refractivity contribution in [1.29, 1.82) is 0 Å². The van der Waals surface area contributed by atoms with Gasteiger partial charge < -0.3 is 4.74 Å². The van der Waals surface area contributed by atoms with Gasteiger partial charge in [-0.05, 0) is 76.4 Å². The fraction of sp³-hybridized carbons (Fsp3) is 0.414. The number of carbonyl (C=O) groups is 2. The molecule has 1 spiro atoms. The van der Waals surface area contributed by atoms with Gasteiger partial charge in [0.15, 0.2) is 0 Å². The molecule has 2 aliphatic rings. The van der Waals surface area contributed by atoms with E-state index in [1.165, 1.54) is 33.3 Å². The Kier molecular flexibility index (Phi) is 7.24. The summed E-state index contributed by atoms with van der Waals surface area (Å²) < 4.78 is 20.1. The molecule has 3 amide bonds. The first kappa shape index (κ1) is 26.3. The van der Waals surface area contributed by atoms with Crippen molar-refractivity contribution in [2.24, 2.45) is 0 Å². The molecule has 0 N–H and O–H groups in total. The van der Waals surface area contributed by atoms with Crippen LogP contribution >= 0.6 is 11.3 Å². The van der Waals surface area contributed by atoms with Gasteiger partial charge in [0.1, 0.15) is 17.1 Å². The highest BCUT2D eigenvalue weighted by molar-refractivity contribution is 7.09. The van der Waals surface area contributed by atoms with Gasteiger partial charge in [-0.2, -0.15) is 0 Å². The average Bonchev–Trinajstić information content (AvgIpc) is 3.35. The summed E-state index contributed by atoms with van der Waals surface area (Å²) in [5.74, 6) is 0.150. The van der Waals surface area contributed by atoms with Crippen LogP contribution in [0.3, 0.4) is 0 Å². The molecule has 0 aliphatic carbocycles. The molecule has 1 aromatic heterocycles. The molecular formula is C29H33FN4O3S. The Morgan fingerprint density at radius 3 is 2.63 bits per heavy atom. The highest BCUT2D eigenvalue weighted by Crippen LogP contribution is 2.43. The molecule has 0 saturated carbocycles. The second-order valence-electron chi connectivity index (χ2n) is 10.5. The number of carbonyl (C=O) groups excluding carboxylic acids is 2. The van der Waals surface area contributed by atoms with Crippen LogP contribution in [0, 0.1) is 12.7 Å². The molecule has 0 bridgehead atoms. The van der Waals surface area contributed by atoms with Crippen molar-refractivity contribution in [2.75, 3.05) is 11.4 Å². The average molecular weight is 537 g/mol. The molecule has 200 valence electrons. The fourth-order valence-corrected chi connectivity index (χ4v) is 6.22. The number of halogens is 1. The van der Waals surface area contributed by atoms with Crippen LogP contribution in [0.5, 0.6) is 5.75 Å². The van der Waals surface area contributed by atoms with E-state index in [0.29, 0.717) is 37.3 Å². The maximum Gasteiger partial charge on any atom is 0.332 e. The van der Waals surface area contributed by atoms with E-state index in [1.807, 2.05) is 38.3 Å². The summed E-state index contributed by atoms with van der Waals surface area (Å²) in [6.07, 6.45) is 0.991. The molecule has 2 saturated heterocycles. The molecule has 2 aliphatic heterocycles. The van der Waals surface area contributed by atoms with Gasteiger partial charge in [0, 0.05) is 30.2 Å². The number of imide groups is 1. The number of anilines is 1. The molecule has 5 rings (SSSR count). The minimum atomic E-state index is -1.07. The van der Waals surface area contributed by atoms with E-state index < -0.39 is 17.4 Å². The molecule has 9 heteroatoms. The van der Waals surface area contributed by atoms with Gasteiger partial charge >= 0.3 is 6.03 Å². The van der Waals surface area contributed by atoms with Crippen LogP contribution < -0.4 is 9.64 Å². The van der Waals surface area contributed by atoms with E-state index in [4.69, 9.17) is 4.74 Å². The number of nitrogens with zero attached hydrogens (tertiary/aromatic N) is 4. The number of rotatable bonds is 7. The maximum absolute atomic E-state index is 14.3. The zero-order valence-corrected chi connectivity index (χ0v) is 23.0. The molecular weight excluding hydrogens is 503 g/mol. The number of urea groups is 1. The first-order valence-electron chi connectivity index (χ1n) is 13.0. The third kappa shape index (κ3) is 5.05. The minimum Gasteiger partial charge on any atom is -0.491 e. The minimum absolute atomic E-state index is 0.00713. The highest BCUT2D eigenvalue weighted by atomic mass is 32.1. The van der Waals surface area contributed by atoms with Crippen molar-refractivity contribution in [3.8, 4) is 5.75 Å². The number of aryl methyl sites for hydroxylation is 1. The van der Waals surface area contributed by atoms with Crippen molar-refractivity contribution in [3.63, 3.8) is 0 Å². The molecule has 3 heterocycles. The lowest BCUT2D eigenvalue weighted by molar-refractivity contribution is -0.133. The summed E-state index contributed by atoms with van der Waals surface area (Å²) in [6.45, 7) is 9.41. The van der Waals surface area contributed by atoms with Crippen LogP contribution in [0.15, 0.2) is 53.9 Å². The second-order valence-corrected chi connectivity index (χ2v) is 11.5. The van der Waals surface area contributed by atoms with Crippen LogP contribution in [0.4, 0.5) is 14.9 Å².